The predicted molar refractivity (Wildman–Crippen MR) is 94.1 cm³/mol. The van der Waals surface area contributed by atoms with Gasteiger partial charge in [-0.25, -0.2) is 4.98 Å². The molecule has 3 aromatic rings. The van der Waals surface area contributed by atoms with Crippen molar-refractivity contribution in [1.82, 2.24) is 9.38 Å². The van der Waals surface area contributed by atoms with Crippen molar-refractivity contribution in [2.75, 3.05) is 0 Å². The van der Waals surface area contributed by atoms with E-state index in [9.17, 15) is 9.90 Å². The second-order valence-corrected chi connectivity index (χ2v) is 6.62. The van der Waals surface area contributed by atoms with Gasteiger partial charge in [-0.1, -0.05) is 12.1 Å². The van der Waals surface area contributed by atoms with E-state index < -0.39 is 6.29 Å². The molecule has 0 amide bonds. The Morgan fingerprint density at radius 1 is 1.32 bits per heavy atom. The number of fused-ring (bicyclic) bond motifs is 2. The topological polar surface area (TPSA) is 63.8 Å². The van der Waals surface area contributed by atoms with Crippen LogP contribution in [0.1, 0.15) is 39.3 Å². The molecule has 5 nitrogen and oxygen atoms in total. The van der Waals surface area contributed by atoms with Crippen LogP contribution in [-0.4, -0.2) is 26.6 Å². The van der Waals surface area contributed by atoms with E-state index in [0.717, 1.165) is 33.8 Å². The van der Waals surface area contributed by atoms with Crippen LogP contribution >= 0.6 is 0 Å². The molecule has 3 heterocycles. The first kappa shape index (κ1) is 15.8. The summed E-state index contributed by atoms with van der Waals surface area (Å²) in [5.41, 5.74) is 5.44. The smallest absolute Gasteiger partial charge is 0.201 e. The number of ketones is 1. The number of nitrogens with zero attached hydrogens (tertiary/aromatic N) is 2. The monoisotopic (exact) mass is 336 g/mol. The molecule has 0 saturated heterocycles. The van der Waals surface area contributed by atoms with Crippen molar-refractivity contribution in [3.63, 3.8) is 0 Å². The molecule has 0 bridgehead atoms. The lowest BCUT2D eigenvalue weighted by Gasteiger charge is -2.05. The van der Waals surface area contributed by atoms with Crippen LogP contribution in [0.2, 0.25) is 0 Å². The van der Waals surface area contributed by atoms with E-state index in [1.54, 1.807) is 0 Å². The first-order valence-electron chi connectivity index (χ1n) is 8.46. The summed E-state index contributed by atoms with van der Waals surface area (Å²) in [7, 11) is 0. The molecule has 128 valence electrons. The molecule has 1 atom stereocenters. The number of carbonyl (C=O) groups excluding carboxylic acids is 1. The highest BCUT2D eigenvalue weighted by atomic mass is 16.6. The Balaban J connectivity index is 1.53. The summed E-state index contributed by atoms with van der Waals surface area (Å²) in [5, 5.41) is 9.55. The highest BCUT2D eigenvalue weighted by Crippen LogP contribution is 2.29. The van der Waals surface area contributed by atoms with Gasteiger partial charge >= 0.3 is 0 Å². The summed E-state index contributed by atoms with van der Waals surface area (Å²) in [6.07, 6.45) is 2.73. The Morgan fingerprint density at radius 2 is 2.16 bits per heavy atom. The lowest BCUT2D eigenvalue weighted by Crippen LogP contribution is -2.09. The van der Waals surface area contributed by atoms with Crippen LogP contribution in [0.15, 0.2) is 36.5 Å². The van der Waals surface area contributed by atoms with Gasteiger partial charge in [0.15, 0.2) is 5.78 Å². The molecule has 0 saturated carbocycles. The zero-order valence-corrected chi connectivity index (χ0v) is 14.3. The number of benzene rings is 1. The van der Waals surface area contributed by atoms with Crippen molar-refractivity contribution in [3.05, 3.63) is 64.6 Å². The van der Waals surface area contributed by atoms with Gasteiger partial charge in [0, 0.05) is 24.6 Å². The molecule has 1 N–H and O–H groups in total. The molecule has 1 aromatic carbocycles. The first-order chi connectivity index (χ1) is 12.0. The van der Waals surface area contributed by atoms with Gasteiger partial charge < -0.3 is 9.84 Å². The van der Waals surface area contributed by atoms with Crippen LogP contribution in [0.3, 0.4) is 0 Å². The number of hydrogen-bond acceptors (Lipinski definition) is 4. The number of aliphatic hydroxyl groups is 1. The summed E-state index contributed by atoms with van der Waals surface area (Å²) in [6.45, 7) is 3.89. The van der Waals surface area contributed by atoms with Crippen molar-refractivity contribution in [1.29, 1.82) is 0 Å². The summed E-state index contributed by atoms with van der Waals surface area (Å²) < 4.78 is 7.17. The normalized spacial score (nSPS) is 16.0. The number of carbonyl (C=O) groups is 1. The number of pyridine rings is 1. The fraction of sp³-hybridized carbons (Fsp3) is 0.300. The van der Waals surface area contributed by atoms with Gasteiger partial charge in [-0.15, -0.1) is 0 Å². The number of aliphatic hydroxyl groups excluding tert-OH is 1. The van der Waals surface area contributed by atoms with E-state index in [-0.39, 0.29) is 5.78 Å². The second kappa shape index (κ2) is 6.01. The van der Waals surface area contributed by atoms with E-state index in [1.165, 1.54) is 0 Å². The van der Waals surface area contributed by atoms with Crippen LogP contribution in [-0.2, 0) is 12.8 Å². The van der Waals surface area contributed by atoms with Crippen LogP contribution in [0, 0.1) is 13.8 Å². The van der Waals surface area contributed by atoms with Gasteiger partial charge in [-0.2, -0.15) is 0 Å². The fourth-order valence-electron chi connectivity index (χ4n) is 3.42. The van der Waals surface area contributed by atoms with Gasteiger partial charge in [-0.3, -0.25) is 9.20 Å². The Bertz CT molecular complexity index is 974. The number of aryl methyl sites for hydroxylation is 3. The molecule has 2 aromatic heterocycles. The number of imidazole rings is 1. The Kier molecular flexibility index (Phi) is 3.81. The Hall–Kier alpha value is -2.66. The zero-order chi connectivity index (χ0) is 17.6. The van der Waals surface area contributed by atoms with Crippen molar-refractivity contribution >= 4 is 11.4 Å². The third-order valence-corrected chi connectivity index (χ3v) is 4.64. The number of rotatable bonds is 4. The molecule has 5 heteroatoms. The van der Waals surface area contributed by atoms with Gasteiger partial charge in [0.2, 0.25) is 6.29 Å². The summed E-state index contributed by atoms with van der Waals surface area (Å²) in [6, 6.07) is 9.80. The molecular formula is C20H20N2O3. The summed E-state index contributed by atoms with van der Waals surface area (Å²) in [5.74, 6) is 0.821. The number of Topliss-reactive ketones (excluding diaryl/α,β-unsaturated/α-hetero) is 1. The van der Waals surface area contributed by atoms with E-state index in [0.29, 0.717) is 25.0 Å². The third-order valence-electron chi connectivity index (χ3n) is 4.64. The van der Waals surface area contributed by atoms with Crippen LogP contribution in [0.25, 0.3) is 5.65 Å². The molecule has 1 unspecified atom stereocenters. The first-order valence-corrected chi connectivity index (χ1v) is 8.46. The molecule has 0 aliphatic carbocycles. The highest BCUT2D eigenvalue weighted by molar-refractivity contribution is 5.96. The van der Waals surface area contributed by atoms with Gasteiger partial charge in [0.1, 0.15) is 17.1 Å². The lowest BCUT2D eigenvalue weighted by atomic mass is 10.0. The van der Waals surface area contributed by atoms with E-state index in [4.69, 9.17) is 4.74 Å². The maximum Gasteiger partial charge on any atom is 0.201 e. The average molecular weight is 336 g/mol. The minimum atomic E-state index is -0.754. The molecule has 0 spiro atoms. The third kappa shape index (κ3) is 2.91. The Morgan fingerprint density at radius 3 is 3.00 bits per heavy atom. The largest absolute Gasteiger partial charge is 0.465 e. The minimum Gasteiger partial charge on any atom is -0.465 e. The molecule has 0 radical (unpaired) electrons. The molecule has 1 aliphatic heterocycles. The molecular weight excluding hydrogens is 316 g/mol. The van der Waals surface area contributed by atoms with Crippen LogP contribution in [0.5, 0.6) is 5.75 Å². The lowest BCUT2D eigenvalue weighted by molar-refractivity contribution is 0.00214. The highest BCUT2D eigenvalue weighted by Gasteiger charge is 2.21. The Labute approximate surface area is 145 Å². The van der Waals surface area contributed by atoms with Crippen molar-refractivity contribution in [3.8, 4) is 5.75 Å². The van der Waals surface area contributed by atoms with E-state index >= 15 is 0 Å². The zero-order valence-electron chi connectivity index (χ0n) is 14.3. The predicted octanol–water partition coefficient (Wildman–Crippen LogP) is 3.02. The van der Waals surface area contributed by atoms with Crippen molar-refractivity contribution in [2.24, 2.45) is 0 Å². The maximum atomic E-state index is 12.8. The summed E-state index contributed by atoms with van der Waals surface area (Å²) in [4.78, 5) is 17.3. The van der Waals surface area contributed by atoms with E-state index in [1.807, 2.05) is 54.8 Å². The summed E-state index contributed by atoms with van der Waals surface area (Å²) >= 11 is 0. The molecule has 1 aliphatic rings. The standard InChI is InChI=1S/C20H20N2O3/c1-12-7-8-22-18(9-12)21-13(2)20(22)16(23)5-3-14-4-6-17-15(10-14)11-19(24)25-17/h4,6-10,19,24H,3,5,11H2,1-2H3. The molecule has 4 rings (SSSR count). The van der Waals surface area contributed by atoms with Gasteiger partial charge in [0.25, 0.3) is 0 Å². The van der Waals surface area contributed by atoms with E-state index in [2.05, 4.69) is 4.98 Å². The number of ether oxygens (including phenoxy) is 1. The second-order valence-electron chi connectivity index (χ2n) is 6.62. The number of aromatic nitrogens is 2. The maximum absolute atomic E-state index is 12.8. The van der Waals surface area contributed by atoms with Gasteiger partial charge in [0.05, 0.1) is 5.69 Å². The van der Waals surface area contributed by atoms with Crippen LogP contribution < -0.4 is 4.74 Å². The SMILES string of the molecule is Cc1ccn2c(C(=O)CCc3ccc4c(c3)CC(O)O4)c(C)nc2c1. The van der Waals surface area contributed by atoms with Crippen molar-refractivity contribution in [2.45, 2.75) is 39.4 Å². The van der Waals surface area contributed by atoms with Crippen molar-refractivity contribution < 1.29 is 14.6 Å². The van der Waals surface area contributed by atoms with Gasteiger partial charge in [-0.05, 0) is 49.6 Å². The molecule has 25 heavy (non-hydrogen) atoms. The average Bonchev–Trinajstić information content (AvgIpc) is 3.09. The number of hydrogen-bond donors (Lipinski definition) is 1. The molecule has 0 fully saturated rings. The fourth-order valence-corrected chi connectivity index (χ4v) is 3.42. The van der Waals surface area contributed by atoms with Crippen LogP contribution in [0.4, 0.5) is 0 Å². The quantitative estimate of drug-likeness (QED) is 0.744. The minimum absolute atomic E-state index is 0.0886.